The summed E-state index contributed by atoms with van der Waals surface area (Å²) in [6, 6.07) is 14.9. The van der Waals surface area contributed by atoms with Crippen LogP contribution in [0.5, 0.6) is 0 Å². The lowest BCUT2D eigenvalue weighted by atomic mass is 10.2. The van der Waals surface area contributed by atoms with Crippen molar-refractivity contribution >= 4 is 32.7 Å². The number of anilines is 1. The van der Waals surface area contributed by atoms with E-state index in [1.807, 2.05) is 43.3 Å². The lowest BCUT2D eigenvalue weighted by molar-refractivity contribution is -0.118. The van der Waals surface area contributed by atoms with Crippen LogP contribution in [0.15, 0.2) is 53.4 Å². The number of nitrogens with zero attached hydrogens (tertiary/aromatic N) is 4. The van der Waals surface area contributed by atoms with E-state index in [0.717, 1.165) is 42.8 Å². The summed E-state index contributed by atoms with van der Waals surface area (Å²) in [4.78, 5) is 19.8. The molecular weight excluding hydrogens is 436 g/mol. The topological polar surface area (TPSA) is 75.5 Å². The highest BCUT2D eigenvalue weighted by Crippen LogP contribution is 2.26. The lowest BCUT2D eigenvalue weighted by Gasteiger charge is -2.21. The number of benzene rings is 2. The van der Waals surface area contributed by atoms with Gasteiger partial charge in [-0.2, -0.15) is 4.31 Å². The lowest BCUT2D eigenvalue weighted by Crippen LogP contribution is -2.30. The van der Waals surface area contributed by atoms with E-state index < -0.39 is 10.0 Å². The van der Waals surface area contributed by atoms with E-state index in [0.29, 0.717) is 42.9 Å². The molecule has 0 N–H and O–H groups in total. The number of carbonyl (C=O) groups excluding carboxylic acids is 1. The number of rotatable bonds is 9. The highest BCUT2D eigenvalue weighted by molar-refractivity contribution is 7.89. The highest BCUT2D eigenvalue weighted by atomic mass is 32.2. The van der Waals surface area contributed by atoms with Crippen molar-refractivity contribution in [2.45, 2.75) is 57.4 Å². The molecule has 0 aliphatic carbocycles. The molecule has 1 aliphatic heterocycles. The Morgan fingerprint density at radius 1 is 1.06 bits per heavy atom. The molecule has 1 aliphatic rings. The predicted octanol–water partition coefficient (Wildman–Crippen LogP) is 4.22. The Morgan fingerprint density at radius 2 is 1.79 bits per heavy atom. The van der Waals surface area contributed by atoms with Crippen LogP contribution in [0.25, 0.3) is 11.0 Å². The molecule has 4 rings (SSSR count). The highest BCUT2D eigenvalue weighted by Gasteiger charge is 2.28. The first kappa shape index (κ1) is 23.4. The van der Waals surface area contributed by atoms with E-state index in [1.54, 1.807) is 21.3 Å². The molecule has 8 heteroatoms. The van der Waals surface area contributed by atoms with Gasteiger partial charge in [-0.05, 0) is 56.5 Å². The molecule has 1 fully saturated rings. The molecule has 0 atom stereocenters. The van der Waals surface area contributed by atoms with Gasteiger partial charge < -0.3 is 9.47 Å². The monoisotopic (exact) mass is 468 g/mol. The zero-order chi connectivity index (χ0) is 23.4. The number of hydrogen-bond donors (Lipinski definition) is 0. The van der Waals surface area contributed by atoms with Crippen molar-refractivity contribution in [2.75, 3.05) is 24.5 Å². The summed E-state index contributed by atoms with van der Waals surface area (Å²) in [5, 5.41) is 0. The Hall–Kier alpha value is -2.71. The van der Waals surface area contributed by atoms with Crippen LogP contribution in [-0.4, -0.2) is 47.8 Å². The van der Waals surface area contributed by atoms with Gasteiger partial charge in [0.2, 0.25) is 15.9 Å². The third-order valence-electron chi connectivity index (χ3n) is 6.20. The molecule has 2 aromatic carbocycles. The number of amides is 1. The number of hydrogen-bond acceptors (Lipinski definition) is 4. The second kappa shape index (κ2) is 10.1. The van der Waals surface area contributed by atoms with E-state index in [2.05, 4.69) is 11.5 Å². The number of carbonyl (C=O) groups is 1. The summed E-state index contributed by atoms with van der Waals surface area (Å²) < 4.78 is 29.7. The smallest absolute Gasteiger partial charge is 0.243 e. The number of imidazole rings is 1. The van der Waals surface area contributed by atoms with E-state index >= 15 is 0 Å². The van der Waals surface area contributed by atoms with Crippen LogP contribution in [-0.2, 0) is 27.8 Å². The van der Waals surface area contributed by atoms with Crippen molar-refractivity contribution < 1.29 is 13.2 Å². The standard InChI is InChI=1S/C25H32N4O3S/c1-3-16-29-23-13-12-21(33(31,32)27-17-8-9-18-27)19-22(23)26-24(29)14-15-25(30)28(4-2)20-10-6-5-7-11-20/h5-7,10-13,19H,3-4,8-9,14-18H2,1-2H3. The molecule has 0 spiro atoms. The Labute approximate surface area is 196 Å². The summed E-state index contributed by atoms with van der Waals surface area (Å²) in [7, 11) is -3.49. The predicted molar refractivity (Wildman–Crippen MR) is 131 cm³/mol. The van der Waals surface area contributed by atoms with Crippen molar-refractivity contribution in [1.29, 1.82) is 0 Å². The molecule has 3 aromatic rings. The van der Waals surface area contributed by atoms with Gasteiger partial charge in [0.15, 0.2) is 0 Å². The number of aryl methyl sites for hydroxylation is 2. The van der Waals surface area contributed by atoms with Gasteiger partial charge in [-0.3, -0.25) is 4.79 Å². The quantitative estimate of drug-likeness (QED) is 0.471. The molecule has 2 heterocycles. The molecule has 0 saturated carbocycles. The van der Waals surface area contributed by atoms with Gasteiger partial charge in [-0.1, -0.05) is 25.1 Å². The van der Waals surface area contributed by atoms with Gasteiger partial charge in [0, 0.05) is 44.7 Å². The number of para-hydroxylation sites is 1. The average Bonchev–Trinajstić information content (AvgIpc) is 3.48. The van der Waals surface area contributed by atoms with Gasteiger partial charge in [0.1, 0.15) is 5.82 Å². The van der Waals surface area contributed by atoms with Crippen LogP contribution in [0.1, 0.15) is 45.4 Å². The maximum absolute atomic E-state index is 13.0. The minimum Gasteiger partial charge on any atom is -0.328 e. The van der Waals surface area contributed by atoms with E-state index in [1.165, 1.54) is 0 Å². The number of fused-ring (bicyclic) bond motifs is 1. The fourth-order valence-corrected chi connectivity index (χ4v) is 6.06. The summed E-state index contributed by atoms with van der Waals surface area (Å²) >= 11 is 0. The molecule has 1 aromatic heterocycles. The Balaban J connectivity index is 1.59. The van der Waals surface area contributed by atoms with Gasteiger partial charge in [0.25, 0.3) is 0 Å². The molecule has 1 saturated heterocycles. The van der Waals surface area contributed by atoms with E-state index in [9.17, 15) is 13.2 Å². The summed E-state index contributed by atoms with van der Waals surface area (Å²) in [6.07, 6.45) is 3.58. The van der Waals surface area contributed by atoms with Crippen LogP contribution < -0.4 is 4.90 Å². The minimum absolute atomic E-state index is 0.0519. The van der Waals surface area contributed by atoms with Crippen LogP contribution >= 0.6 is 0 Å². The van der Waals surface area contributed by atoms with Gasteiger partial charge in [-0.15, -0.1) is 0 Å². The Morgan fingerprint density at radius 3 is 2.45 bits per heavy atom. The molecule has 0 radical (unpaired) electrons. The van der Waals surface area contributed by atoms with Crippen molar-refractivity contribution in [3.63, 3.8) is 0 Å². The second-order valence-corrected chi connectivity index (χ2v) is 10.4. The summed E-state index contributed by atoms with van der Waals surface area (Å²) in [5.74, 6) is 0.871. The van der Waals surface area contributed by atoms with Crippen molar-refractivity contribution in [3.8, 4) is 0 Å². The van der Waals surface area contributed by atoms with Crippen molar-refractivity contribution in [1.82, 2.24) is 13.9 Å². The second-order valence-electron chi connectivity index (χ2n) is 8.41. The minimum atomic E-state index is -3.49. The Kier molecular flexibility index (Phi) is 7.14. The van der Waals surface area contributed by atoms with Crippen LogP contribution in [0.2, 0.25) is 0 Å². The van der Waals surface area contributed by atoms with Crippen LogP contribution in [0.3, 0.4) is 0 Å². The van der Waals surface area contributed by atoms with E-state index in [4.69, 9.17) is 4.98 Å². The zero-order valence-corrected chi connectivity index (χ0v) is 20.2. The van der Waals surface area contributed by atoms with Crippen molar-refractivity contribution in [3.05, 3.63) is 54.4 Å². The molecular formula is C25H32N4O3S. The largest absolute Gasteiger partial charge is 0.328 e. The first-order chi connectivity index (χ1) is 16.0. The van der Waals surface area contributed by atoms with Crippen LogP contribution in [0, 0.1) is 0 Å². The normalized spacial score (nSPS) is 14.7. The third kappa shape index (κ3) is 4.82. The van der Waals surface area contributed by atoms with Crippen molar-refractivity contribution in [2.24, 2.45) is 0 Å². The van der Waals surface area contributed by atoms with E-state index in [-0.39, 0.29) is 5.91 Å². The summed E-state index contributed by atoms with van der Waals surface area (Å²) in [6.45, 7) is 6.60. The van der Waals surface area contributed by atoms with Crippen LogP contribution in [0.4, 0.5) is 5.69 Å². The summed E-state index contributed by atoms with van der Waals surface area (Å²) in [5.41, 5.74) is 2.47. The fourth-order valence-electron chi connectivity index (χ4n) is 4.53. The Bertz CT molecular complexity index is 1220. The third-order valence-corrected chi connectivity index (χ3v) is 8.09. The molecule has 1 amide bonds. The molecule has 176 valence electrons. The molecule has 33 heavy (non-hydrogen) atoms. The van der Waals surface area contributed by atoms with Gasteiger partial charge in [-0.25, -0.2) is 13.4 Å². The van der Waals surface area contributed by atoms with Gasteiger partial charge >= 0.3 is 0 Å². The SMILES string of the molecule is CCCn1c(CCC(=O)N(CC)c2ccccc2)nc2cc(S(=O)(=O)N3CCCC3)ccc21. The first-order valence-corrected chi connectivity index (χ1v) is 13.2. The number of aromatic nitrogens is 2. The average molecular weight is 469 g/mol. The molecule has 0 unspecified atom stereocenters. The first-order valence-electron chi connectivity index (χ1n) is 11.8. The zero-order valence-electron chi connectivity index (χ0n) is 19.4. The molecule has 7 nitrogen and oxygen atoms in total. The fraction of sp³-hybridized carbons (Fsp3) is 0.440. The maximum Gasteiger partial charge on any atom is 0.243 e. The van der Waals surface area contributed by atoms with Gasteiger partial charge in [0.05, 0.1) is 15.9 Å². The maximum atomic E-state index is 13.0. The number of sulfonamides is 1. The molecule has 0 bridgehead atoms.